The van der Waals surface area contributed by atoms with E-state index in [0.29, 0.717) is 11.4 Å². The molecule has 2 heterocycles. The van der Waals surface area contributed by atoms with Gasteiger partial charge in [0.15, 0.2) is 0 Å². The van der Waals surface area contributed by atoms with Crippen molar-refractivity contribution >= 4 is 23.3 Å². The molecule has 0 unspecified atom stereocenters. The van der Waals surface area contributed by atoms with Gasteiger partial charge >= 0.3 is 0 Å². The van der Waals surface area contributed by atoms with E-state index in [9.17, 15) is 4.79 Å². The molecule has 1 amide bonds. The van der Waals surface area contributed by atoms with Gasteiger partial charge in [0.2, 0.25) is 5.28 Å². The zero-order chi connectivity index (χ0) is 11.4. The van der Waals surface area contributed by atoms with E-state index in [-0.39, 0.29) is 11.2 Å². The Labute approximate surface area is 95.7 Å². The van der Waals surface area contributed by atoms with Gasteiger partial charge in [0.05, 0.1) is 5.56 Å². The molecule has 16 heavy (non-hydrogen) atoms. The van der Waals surface area contributed by atoms with E-state index >= 15 is 0 Å². The van der Waals surface area contributed by atoms with Crippen molar-refractivity contribution in [1.29, 1.82) is 0 Å². The highest BCUT2D eigenvalue weighted by Crippen LogP contribution is 2.07. The lowest BCUT2D eigenvalue weighted by Gasteiger charge is -2.02. The summed E-state index contributed by atoms with van der Waals surface area (Å²) >= 11 is 5.58. The number of hydrogen-bond donors (Lipinski definition) is 1. The fraction of sp³-hybridized carbons (Fsp3) is 0. The highest BCUT2D eigenvalue weighted by molar-refractivity contribution is 6.28. The van der Waals surface area contributed by atoms with E-state index < -0.39 is 0 Å². The average Bonchev–Trinajstić information content (AvgIpc) is 2.30. The van der Waals surface area contributed by atoms with E-state index in [4.69, 9.17) is 11.6 Å². The van der Waals surface area contributed by atoms with Crippen LogP contribution in [0.5, 0.6) is 0 Å². The fourth-order valence-electron chi connectivity index (χ4n) is 1.01. The third-order valence-electron chi connectivity index (χ3n) is 1.69. The highest BCUT2D eigenvalue weighted by Gasteiger charge is 2.07. The molecule has 0 aliphatic rings. The smallest absolute Gasteiger partial charge is 0.259 e. The molecule has 0 aliphatic carbocycles. The number of carbonyl (C=O) groups is 1. The van der Waals surface area contributed by atoms with Crippen molar-refractivity contribution in [2.75, 3.05) is 5.32 Å². The summed E-state index contributed by atoms with van der Waals surface area (Å²) in [6, 6.07) is 1.54. The number of nitrogens with one attached hydrogen (secondary N) is 1. The predicted molar refractivity (Wildman–Crippen MR) is 57.0 cm³/mol. The van der Waals surface area contributed by atoms with Crippen LogP contribution in [0.2, 0.25) is 5.28 Å². The van der Waals surface area contributed by atoms with Crippen molar-refractivity contribution in [2.45, 2.75) is 0 Å². The lowest BCUT2D eigenvalue weighted by molar-refractivity contribution is 0.102. The summed E-state index contributed by atoms with van der Waals surface area (Å²) < 4.78 is 0. The number of hydrogen-bond acceptors (Lipinski definition) is 5. The van der Waals surface area contributed by atoms with Crippen LogP contribution in [0, 0.1) is 0 Å². The second kappa shape index (κ2) is 4.63. The van der Waals surface area contributed by atoms with Gasteiger partial charge < -0.3 is 5.32 Å². The zero-order valence-corrected chi connectivity index (χ0v) is 8.72. The zero-order valence-electron chi connectivity index (χ0n) is 7.96. The lowest BCUT2D eigenvalue weighted by Crippen LogP contribution is -2.13. The van der Waals surface area contributed by atoms with Crippen LogP contribution in [0.1, 0.15) is 10.4 Å². The van der Waals surface area contributed by atoms with Crippen LogP contribution in [0.25, 0.3) is 0 Å². The van der Waals surface area contributed by atoms with Crippen molar-refractivity contribution in [3.63, 3.8) is 0 Å². The number of halogens is 1. The summed E-state index contributed by atoms with van der Waals surface area (Å²) in [7, 11) is 0. The minimum Gasteiger partial charge on any atom is -0.306 e. The highest BCUT2D eigenvalue weighted by atomic mass is 35.5. The molecule has 0 saturated carbocycles. The second-order valence-corrected chi connectivity index (χ2v) is 3.13. The molecule has 0 atom stereocenters. The van der Waals surface area contributed by atoms with Gasteiger partial charge in [-0.3, -0.25) is 4.79 Å². The largest absolute Gasteiger partial charge is 0.306 e. The summed E-state index contributed by atoms with van der Waals surface area (Å²) in [6.45, 7) is 0. The first-order chi connectivity index (χ1) is 7.75. The standard InChI is InChI=1S/C9H6ClN5O/c10-9-13-2-1-7(15-9)14-8(16)6-3-11-5-12-4-6/h1-5H,(H,13,14,15,16). The molecule has 0 saturated heterocycles. The van der Waals surface area contributed by atoms with Crippen molar-refractivity contribution in [1.82, 2.24) is 19.9 Å². The van der Waals surface area contributed by atoms with Crippen LogP contribution < -0.4 is 5.32 Å². The van der Waals surface area contributed by atoms with Crippen molar-refractivity contribution in [2.24, 2.45) is 0 Å². The third kappa shape index (κ3) is 2.48. The number of anilines is 1. The van der Waals surface area contributed by atoms with Gasteiger partial charge in [0, 0.05) is 18.6 Å². The van der Waals surface area contributed by atoms with Gasteiger partial charge in [-0.2, -0.15) is 0 Å². The van der Waals surface area contributed by atoms with Crippen molar-refractivity contribution < 1.29 is 4.79 Å². The number of aromatic nitrogens is 4. The molecule has 7 heteroatoms. The third-order valence-corrected chi connectivity index (χ3v) is 1.87. The maximum Gasteiger partial charge on any atom is 0.259 e. The molecule has 0 bridgehead atoms. The molecule has 80 valence electrons. The van der Waals surface area contributed by atoms with Gasteiger partial charge in [-0.1, -0.05) is 0 Å². The van der Waals surface area contributed by atoms with Crippen LogP contribution >= 0.6 is 11.6 Å². The van der Waals surface area contributed by atoms with E-state index in [1.54, 1.807) is 0 Å². The van der Waals surface area contributed by atoms with Gasteiger partial charge in [-0.05, 0) is 17.7 Å². The van der Waals surface area contributed by atoms with Crippen LogP contribution in [0.15, 0.2) is 31.0 Å². The Hall–Kier alpha value is -2.08. The molecule has 0 aromatic carbocycles. The van der Waals surface area contributed by atoms with Crippen LogP contribution in [-0.2, 0) is 0 Å². The maximum atomic E-state index is 11.6. The van der Waals surface area contributed by atoms with Gasteiger partial charge in [0.1, 0.15) is 12.1 Å². The molecule has 2 rings (SSSR count). The van der Waals surface area contributed by atoms with Gasteiger partial charge in [0.25, 0.3) is 5.91 Å². The Bertz CT molecular complexity index is 504. The number of amides is 1. The molecule has 0 fully saturated rings. The molecule has 0 radical (unpaired) electrons. The van der Waals surface area contributed by atoms with Crippen LogP contribution in [0.3, 0.4) is 0 Å². The number of carbonyl (C=O) groups excluding carboxylic acids is 1. The van der Waals surface area contributed by atoms with Gasteiger partial charge in [-0.25, -0.2) is 19.9 Å². The summed E-state index contributed by atoms with van der Waals surface area (Å²) in [4.78, 5) is 26.6. The Kier molecular flexibility index (Phi) is 3.02. The molecule has 0 aliphatic heterocycles. The van der Waals surface area contributed by atoms with Gasteiger partial charge in [-0.15, -0.1) is 0 Å². The van der Waals surface area contributed by atoms with E-state index in [2.05, 4.69) is 25.3 Å². The van der Waals surface area contributed by atoms with Crippen molar-refractivity contribution in [3.05, 3.63) is 41.8 Å². The molecular formula is C9H6ClN5O. The summed E-state index contributed by atoms with van der Waals surface area (Å²) in [5.41, 5.74) is 0.345. The first-order valence-corrected chi connectivity index (χ1v) is 4.68. The normalized spacial score (nSPS) is 9.81. The molecular weight excluding hydrogens is 230 g/mol. The molecule has 1 N–H and O–H groups in total. The number of rotatable bonds is 2. The summed E-state index contributed by atoms with van der Waals surface area (Å²) in [5.74, 6) is -0.0239. The SMILES string of the molecule is O=C(Nc1ccnc(Cl)n1)c1cncnc1. The minimum absolute atomic E-state index is 0.0714. The number of nitrogens with zero attached hydrogens (tertiary/aromatic N) is 4. The maximum absolute atomic E-state index is 11.6. The monoisotopic (exact) mass is 235 g/mol. The van der Waals surface area contributed by atoms with E-state index in [0.717, 1.165) is 0 Å². The molecule has 2 aromatic heterocycles. The lowest BCUT2D eigenvalue weighted by atomic mass is 10.3. The molecule has 6 nitrogen and oxygen atoms in total. The van der Waals surface area contributed by atoms with Crippen LogP contribution in [0.4, 0.5) is 5.82 Å². The van der Waals surface area contributed by atoms with E-state index in [1.165, 1.54) is 31.0 Å². The summed E-state index contributed by atoms with van der Waals surface area (Å²) in [5, 5.41) is 2.62. The average molecular weight is 236 g/mol. The Balaban J connectivity index is 2.14. The first-order valence-electron chi connectivity index (χ1n) is 4.30. The fourth-order valence-corrected chi connectivity index (χ4v) is 1.16. The first kappa shape index (κ1) is 10.4. The topological polar surface area (TPSA) is 80.7 Å². The predicted octanol–water partition coefficient (Wildman–Crippen LogP) is 1.17. The van der Waals surface area contributed by atoms with Crippen LogP contribution in [-0.4, -0.2) is 25.8 Å². The Morgan fingerprint density at radius 1 is 1.31 bits per heavy atom. The molecule has 2 aromatic rings. The Morgan fingerprint density at radius 2 is 2.06 bits per heavy atom. The second-order valence-electron chi connectivity index (χ2n) is 2.79. The minimum atomic E-state index is -0.352. The molecule has 0 spiro atoms. The quantitative estimate of drug-likeness (QED) is 0.791. The Morgan fingerprint density at radius 3 is 2.75 bits per heavy atom. The summed E-state index contributed by atoms with van der Waals surface area (Å²) in [6.07, 6.45) is 5.61. The van der Waals surface area contributed by atoms with Crippen molar-refractivity contribution in [3.8, 4) is 0 Å². The van der Waals surface area contributed by atoms with E-state index in [1.807, 2.05) is 0 Å².